The lowest BCUT2D eigenvalue weighted by Gasteiger charge is -2.10. The van der Waals surface area contributed by atoms with Crippen LogP contribution in [-0.4, -0.2) is 43.9 Å². The number of unbranched alkanes of at least 4 members (excludes halogenated alkanes) is 1. The van der Waals surface area contributed by atoms with Crippen molar-refractivity contribution in [3.05, 3.63) is 11.9 Å². The van der Waals surface area contributed by atoms with E-state index in [0.29, 0.717) is 12.4 Å². The van der Waals surface area contributed by atoms with E-state index >= 15 is 0 Å². The summed E-state index contributed by atoms with van der Waals surface area (Å²) in [6.07, 6.45) is 2.09. The minimum absolute atomic E-state index is 0.414. The van der Waals surface area contributed by atoms with Gasteiger partial charge in [0.25, 0.3) is 0 Å². The first-order valence-corrected chi connectivity index (χ1v) is 6.63. The van der Waals surface area contributed by atoms with E-state index in [4.69, 9.17) is 9.47 Å². The third kappa shape index (κ3) is 6.35. The van der Waals surface area contributed by atoms with Gasteiger partial charge in [-0.2, -0.15) is 0 Å². The van der Waals surface area contributed by atoms with Gasteiger partial charge in [-0.15, -0.1) is 0 Å². The van der Waals surface area contributed by atoms with Crippen molar-refractivity contribution in [2.24, 2.45) is 0 Å². The minimum Gasteiger partial charge on any atom is -0.385 e. The van der Waals surface area contributed by atoms with Crippen molar-refractivity contribution < 1.29 is 9.47 Å². The second-order valence-corrected chi connectivity index (χ2v) is 4.14. The number of nitrogens with zero attached hydrogens (tertiary/aromatic N) is 2. The van der Waals surface area contributed by atoms with Crippen LogP contribution >= 0.6 is 0 Å². The smallest absolute Gasteiger partial charge is 0.158 e. The molecule has 0 unspecified atom stereocenters. The molecule has 1 heterocycles. The first kappa shape index (κ1) is 15.7. The molecular formula is C13H24N4O2. The zero-order valence-corrected chi connectivity index (χ0v) is 12.0. The van der Waals surface area contributed by atoms with Crippen LogP contribution in [0.1, 0.15) is 25.6 Å². The van der Waals surface area contributed by atoms with Crippen molar-refractivity contribution in [3.63, 3.8) is 0 Å². The van der Waals surface area contributed by atoms with Gasteiger partial charge >= 0.3 is 0 Å². The summed E-state index contributed by atoms with van der Waals surface area (Å²) in [5.74, 6) is 2.33. The lowest BCUT2D eigenvalue weighted by Crippen LogP contribution is -2.10. The molecule has 0 bridgehead atoms. The van der Waals surface area contributed by atoms with Gasteiger partial charge in [0.05, 0.1) is 0 Å². The molecule has 0 aromatic carbocycles. The molecule has 1 rings (SSSR count). The van der Waals surface area contributed by atoms with Crippen LogP contribution in [0.15, 0.2) is 6.07 Å². The van der Waals surface area contributed by atoms with Crippen LogP contribution in [0.4, 0.5) is 11.6 Å². The number of ether oxygens (including phenoxy) is 2. The van der Waals surface area contributed by atoms with Gasteiger partial charge < -0.3 is 20.1 Å². The van der Waals surface area contributed by atoms with E-state index in [1.807, 2.05) is 13.0 Å². The SMILES string of the molecule is CCNc1cc(NCCCCOC)nc(COC)n1. The number of hydrogen-bond acceptors (Lipinski definition) is 6. The van der Waals surface area contributed by atoms with Crippen LogP contribution in [0.25, 0.3) is 0 Å². The quantitative estimate of drug-likeness (QED) is 0.632. The topological polar surface area (TPSA) is 68.3 Å². The highest BCUT2D eigenvalue weighted by atomic mass is 16.5. The highest BCUT2D eigenvalue weighted by Gasteiger charge is 2.03. The zero-order valence-electron chi connectivity index (χ0n) is 12.0. The van der Waals surface area contributed by atoms with E-state index in [0.717, 1.165) is 44.2 Å². The molecule has 1 aromatic rings. The van der Waals surface area contributed by atoms with Gasteiger partial charge in [-0.1, -0.05) is 0 Å². The normalized spacial score (nSPS) is 10.5. The number of methoxy groups -OCH3 is 2. The van der Waals surface area contributed by atoms with Gasteiger partial charge in [0, 0.05) is 40.0 Å². The Morgan fingerprint density at radius 3 is 2.42 bits per heavy atom. The molecule has 108 valence electrons. The third-order valence-corrected chi connectivity index (χ3v) is 2.49. The number of hydrogen-bond donors (Lipinski definition) is 2. The molecule has 19 heavy (non-hydrogen) atoms. The fourth-order valence-corrected chi connectivity index (χ4v) is 1.64. The Morgan fingerprint density at radius 2 is 1.79 bits per heavy atom. The monoisotopic (exact) mass is 268 g/mol. The molecule has 0 amide bonds. The summed E-state index contributed by atoms with van der Waals surface area (Å²) in [4.78, 5) is 8.77. The Labute approximate surface area is 114 Å². The van der Waals surface area contributed by atoms with E-state index in [1.165, 1.54) is 0 Å². The maximum absolute atomic E-state index is 5.08. The summed E-state index contributed by atoms with van der Waals surface area (Å²) >= 11 is 0. The highest BCUT2D eigenvalue weighted by molar-refractivity contribution is 5.47. The van der Waals surface area contributed by atoms with Crippen LogP contribution in [-0.2, 0) is 16.1 Å². The second-order valence-electron chi connectivity index (χ2n) is 4.14. The van der Waals surface area contributed by atoms with E-state index in [9.17, 15) is 0 Å². The summed E-state index contributed by atoms with van der Waals surface area (Å²) in [5.41, 5.74) is 0. The first-order valence-electron chi connectivity index (χ1n) is 6.63. The van der Waals surface area contributed by atoms with Crippen molar-refractivity contribution in [3.8, 4) is 0 Å². The Balaban J connectivity index is 2.54. The molecule has 0 fully saturated rings. The average molecular weight is 268 g/mol. The summed E-state index contributed by atoms with van der Waals surface area (Å²) in [6, 6.07) is 1.92. The maximum Gasteiger partial charge on any atom is 0.158 e. The van der Waals surface area contributed by atoms with Crippen molar-refractivity contribution >= 4 is 11.6 Å². The number of rotatable bonds is 10. The third-order valence-electron chi connectivity index (χ3n) is 2.49. The van der Waals surface area contributed by atoms with Gasteiger partial charge in [-0.25, -0.2) is 9.97 Å². The van der Waals surface area contributed by atoms with Crippen molar-refractivity contribution in [1.82, 2.24) is 9.97 Å². The second kappa shape index (κ2) is 9.52. The van der Waals surface area contributed by atoms with Gasteiger partial charge in [0.15, 0.2) is 5.82 Å². The van der Waals surface area contributed by atoms with E-state index in [2.05, 4.69) is 20.6 Å². The summed E-state index contributed by atoms with van der Waals surface area (Å²) in [6.45, 7) is 4.95. The zero-order chi connectivity index (χ0) is 13.9. The molecule has 0 atom stereocenters. The Morgan fingerprint density at radius 1 is 1.05 bits per heavy atom. The van der Waals surface area contributed by atoms with Crippen LogP contribution in [0.3, 0.4) is 0 Å². The number of aromatic nitrogens is 2. The molecule has 6 heteroatoms. The summed E-state index contributed by atoms with van der Waals surface area (Å²) in [7, 11) is 3.36. The van der Waals surface area contributed by atoms with Gasteiger partial charge in [0.2, 0.25) is 0 Å². The van der Waals surface area contributed by atoms with Crippen molar-refractivity contribution in [1.29, 1.82) is 0 Å². The Bertz CT molecular complexity index is 336. The fourth-order valence-electron chi connectivity index (χ4n) is 1.64. The van der Waals surface area contributed by atoms with E-state index in [1.54, 1.807) is 14.2 Å². The first-order chi connectivity index (χ1) is 9.30. The Hall–Kier alpha value is -1.40. The lowest BCUT2D eigenvalue weighted by atomic mass is 10.3. The molecule has 2 N–H and O–H groups in total. The standard InChI is InChI=1S/C13H24N4O2/c1-4-14-11-9-12(15-7-5-6-8-18-2)17-13(16-11)10-19-3/h9H,4-8,10H2,1-3H3,(H2,14,15,16,17). The van der Waals surface area contributed by atoms with E-state index < -0.39 is 0 Å². The van der Waals surface area contributed by atoms with Crippen LogP contribution in [0, 0.1) is 0 Å². The maximum atomic E-state index is 5.08. The largest absolute Gasteiger partial charge is 0.385 e. The highest BCUT2D eigenvalue weighted by Crippen LogP contribution is 2.12. The molecule has 0 saturated heterocycles. The molecule has 0 saturated carbocycles. The Kier molecular flexibility index (Phi) is 7.84. The van der Waals surface area contributed by atoms with Crippen molar-refractivity contribution in [2.75, 3.05) is 44.5 Å². The number of anilines is 2. The van der Waals surface area contributed by atoms with Crippen LogP contribution < -0.4 is 10.6 Å². The van der Waals surface area contributed by atoms with Crippen LogP contribution in [0.2, 0.25) is 0 Å². The van der Waals surface area contributed by atoms with Crippen LogP contribution in [0.5, 0.6) is 0 Å². The molecular weight excluding hydrogens is 244 g/mol. The average Bonchev–Trinajstić information content (AvgIpc) is 2.39. The van der Waals surface area contributed by atoms with Gasteiger partial charge in [-0.3, -0.25) is 0 Å². The molecule has 0 aliphatic rings. The number of nitrogens with one attached hydrogen (secondary N) is 2. The summed E-state index contributed by atoms with van der Waals surface area (Å²) in [5, 5.41) is 6.49. The molecule has 0 radical (unpaired) electrons. The van der Waals surface area contributed by atoms with Gasteiger partial charge in [-0.05, 0) is 19.8 Å². The predicted octanol–water partition coefficient (Wildman–Crippen LogP) is 1.89. The molecule has 0 spiro atoms. The predicted molar refractivity (Wildman–Crippen MR) is 76.5 cm³/mol. The van der Waals surface area contributed by atoms with Gasteiger partial charge in [0.1, 0.15) is 18.2 Å². The fraction of sp³-hybridized carbons (Fsp3) is 0.692. The summed E-state index contributed by atoms with van der Waals surface area (Å²) < 4.78 is 10.1. The van der Waals surface area contributed by atoms with E-state index in [-0.39, 0.29) is 0 Å². The molecule has 0 aliphatic carbocycles. The minimum atomic E-state index is 0.414. The lowest BCUT2D eigenvalue weighted by molar-refractivity contribution is 0.178. The van der Waals surface area contributed by atoms with Crippen molar-refractivity contribution in [2.45, 2.75) is 26.4 Å². The molecule has 6 nitrogen and oxygen atoms in total. The molecule has 1 aromatic heterocycles. The molecule has 0 aliphatic heterocycles.